The van der Waals surface area contributed by atoms with Gasteiger partial charge in [-0.05, 0) is 12.1 Å². The zero-order chi connectivity index (χ0) is 12.3. The first-order valence-corrected chi connectivity index (χ1v) is 3.91. The molecule has 0 bridgehead atoms. The number of rotatable bonds is 3. The highest BCUT2D eigenvalue weighted by Gasteiger charge is 2.34. The van der Waals surface area contributed by atoms with Gasteiger partial charge in [0.15, 0.2) is 0 Å². The molecule has 0 unspecified atom stereocenters. The summed E-state index contributed by atoms with van der Waals surface area (Å²) in [6, 6.07) is 2.81. The molecule has 0 aliphatic heterocycles. The molecule has 0 spiro atoms. The van der Waals surface area contributed by atoms with Crippen molar-refractivity contribution in [2.75, 3.05) is 7.11 Å². The summed E-state index contributed by atoms with van der Waals surface area (Å²) in [4.78, 5) is 9.50. The van der Waals surface area contributed by atoms with Crippen LogP contribution < -0.4 is 9.47 Å². The van der Waals surface area contributed by atoms with Gasteiger partial charge in [0.25, 0.3) is 0 Å². The van der Waals surface area contributed by atoms with Crippen LogP contribution in [0.15, 0.2) is 18.2 Å². The molecule has 5 nitrogen and oxygen atoms in total. The Morgan fingerprint density at radius 2 is 2.00 bits per heavy atom. The van der Waals surface area contributed by atoms with Crippen LogP contribution in [0.25, 0.3) is 0 Å². The third-order valence-electron chi connectivity index (χ3n) is 1.59. The molecule has 0 heterocycles. The Kier molecular flexibility index (Phi) is 3.21. The van der Waals surface area contributed by atoms with E-state index in [4.69, 9.17) is 0 Å². The van der Waals surface area contributed by atoms with Crippen LogP contribution in [0.5, 0.6) is 11.5 Å². The lowest BCUT2D eigenvalue weighted by Gasteiger charge is -2.09. The van der Waals surface area contributed by atoms with Crippen LogP contribution in [0.4, 0.5) is 18.9 Å². The number of nitro groups is 1. The van der Waals surface area contributed by atoms with Crippen molar-refractivity contribution in [2.45, 2.75) is 6.36 Å². The predicted molar refractivity (Wildman–Crippen MR) is 46.3 cm³/mol. The van der Waals surface area contributed by atoms with E-state index in [1.165, 1.54) is 7.11 Å². The fraction of sp³-hybridized carbons (Fsp3) is 0.250. The molecule has 0 fully saturated rings. The second kappa shape index (κ2) is 4.25. The minimum Gasteiger partial charge on any atom is -0.496 e. The van der Waals surface area contributed by atoms with Gasteiger partial charge in [-0.3, -0.25) is 10.1 Å². The summed E-state index contributed by atoms with van der Waals surface area (Å²) in [5, 5.41) is 10.5. The Morgan fingerprint density at radius 1 is 1.38 bits per heavy atom. The fourth-order valence-electron chi connectivity index (χ4n) is 0.978. The monoisotopic (exact) mass is 237 g/mol. The Bertz CT molecular complexity index is 405. The van der Waals surface area contributed by atoms with E-state index in [-0.39, 0.29) is 5.75 Å². The number of methoxy groups -OCH3 is 1. The normalized spacial score (nSPS) is 11.0. The molecule has 0 amide bonds. The Morgan fingerprint density at radius 3 is 2.44 bits per heavy atom. The number of ether oxygens (including phenoxy) is 2. The van der Waals surface area contributed by atoms with Crippen LogP contribution in [0.1, 0.15) is 0 Å². The SMILES string of the molecule is COc1ccc(OC(F)(F)F)c([N+](=O)[O-])c1. The van der Waals surface area contributed by atoms with Crippen LogP contribution in [-0.2, 0) is 0 Å². The van der Waals surface area contributed by atoms with Crippen molar-refractivity contribution in [3.05, 3.63) is 28.3 Å². The summed E-state index contributed by atoms with van der Waals surface area (Å²) in [5.41, 5.74) is -0.809. The van der Waals surface area contributed by atoms with Crippen molar-refractivity contribution in [1.29, 1.82) is 0 Å². The minimum atomic E-state index is -4.97. The van der Waals surface area contributed by atoms with Gasteiger partial charge in [0.05, 0.1) is 18.1 Å². The largest absolute Gasteiger partial charge is 0.573 e. The van der Waals surface area contributed by atoms with Crippen molar-refractivity contribution in [3.8, 4) is 11.5 Å². The van der Waals surface area contributed by atoms with E-state index in [9.17, 15) is 23.3 Å². The average Bonchev–Trinajstić information content (AvgIpc) is 2.15. The van der Waals surface area contributed by atoms with E-state index in [0.717, 1.165) is 18.2 Å². The van der Waals surface area contributed by atoms with E-state index in [2.05, 4.69) is 9.47 Å². The molecule has 0 N–H and O–H groups in total. The molecule has 1 aromatic carbocycles. The molecular weight excluding hydrogens is 231 g/mol. The summed E-state index contributed by atoms with van der Waals surface area (Å²) in [6.45, 7) is 0. The Labute approximate surface area is 87.5 Å². The summed E-state index contributed by atoms with van der Waals surface area (Å²) >= 11 is 0. The molecule has 0 atom stereocenters. The number of halogens is 3. The number of benzene rings is 1. The van der Waals surface area contributed by atoms with Crippen LogP contribution in [-0.4, -0.2) is 18.4 Å². The molecule has 0 saturated carbocycles. The molecule has 1 rings (SSSR count). The maximum atomic E-state index is 11.9. The van der Waals surface area contributed by atoms with E-state index < -0.39 is 22.7 Å². The lowest BCUT2D eigenvalue weighted by Crippen LogP contribution is -2.17. The van der Waals surface area contributed by atoms with Gasteiger partial charge in [-0.2, -0.15) is 0 Å². The Balaban J connectivity index is 3.13. The molecule has 8 heteroatoms. The highest BCUT2D eigenvalue weighted by molar-refractivity contribution is 5.50. The van der Waals surface area contributed by atoms with Crippen molar-refractivity contribution >= 4 is 5.69 Å². The van der Waals surface area contributed by atoms with Crippen LogP contribution in [0.3, 0.4) is 0 Å². The summed E-state index contributed by atoms with van der Waals surface area (Å²) in [7, 11) is 1.24. The first-order valence-electron chi connectivity index (χ1n) is 3.91. The molecule has 0 saturated heterocycles. The standard InChI is InChI=1S/C8H6F3NO4/c1-15-5-2-3-7(16-8(9,10)11)6(4-5)12(13)14/h2-4H,1H3. The van der Waals surface area contributed by atoms with E-state index in [0.29, 0.717) is 0 Å². The summed E-state index contributed by atoms with van der Waals surface area (Å²) < 4.78 is 43.8. The van der Waals surface area contributed by atoms with Gasteiger partial charge in [-0.15, -0.1) is 13.2 Å². The molecule has 0 aliphatic rings. The third-order valence-corrected chi connectivity index (χ3v) is 1.59. The van der Waals surface area contributed by atoms with E-state index in [1.54, 1.807) is 0 Å². The smallest absolute Gasteiger partial charge is 0.496 e. The number of nitro benzene ring substituents is 1. The lowest BCUT2D eigenvalue weighted by atomic mass is 10.3. The van der Waals surface area contributed by atoms with Crippen molar-refractivity contribution in [2.24, 2.45) is 0 Å². The number of alkyl halides is 3. The van der Waals surface area contributed by atoms with Gasteiger partial charge < -0.3 is 9.47 Å². The van der Waals surface area contributed by atoms with Gasteiger partial charge in [0.2, 0.25) is 5.75 Å². The lowest BCUT2D eigenvalue weighted by molar-refractivity contribution is -0.388. The summed E-state index contributed by atoms with van der Waals surface area (Å²) in [5.74, 6) is -0.806. The van der Waals surface area contributed by atoms with Gasteiger partial charge in [0.1, 0.15) is 5.75 Å². The van der Waals surface area contributed by atoms with Crippen LogP contribution >= 0.6 is 0 Å². The number of hydrogen-bond donors (Lipinski definition) is 0. The fourth-order valence-corrected chi connectivity index (χ4v) is 0.978. The second-order valence-electron chi connectivity index (χ2n) is 2.64. The molecule has 16 heavy (non-hydrogen) atoms. The van der Waals surface area contributed by atoms with Gasteiger partial charge in [-0.25, -0.2) is 0 Å². The quantitative estimate of drug-likeness (QED) is 0.598. The van der Waals surface area contributed by atoms with Crippen molar-refractivity contribution < 1.29 is 27.6 Å². The van der Waals surface area contributed by atoms with E-state index in [1.807, 2.05) is 0 Å². The highest BCUT2D eigenvalue weighted by atomic mass is 19.4. The number of nitrogens with zero attached hydrogens (tertiary/aromatic N) is 1. The molecular formula is C8H6F3NO4. The minimum absolute atomic E-state index is 0.0706. The highest BCUT2D eigenvalue weighted by Crippen LogP contribution is 2.34. The molecule has 0 aliphatic carbocycles. The first-order chi connectivity index (χ1) is 7.33. The van der Waals surface area contributed by atoms with Crippen molar-refractivity contribution in [3.63, 3.8) is 0 Å². The third kappa shape index (κ3) is 3.01. The van der Waals surface area contributed by atoms with E-state index >= 15 is 0 Å². The zero-order valence-corrected chi connectivity index (χ0v) is 7.95. The first kappa shape index (κ1) is 12.1. The molecule has 0 radical (unpaired) electrons. The molecule has 1 aromatic rings. The van der Waals surface area contributed by atoms with Gasteiger partial charge in [-0.1, -0.05) is 0 Å². The average molecular weight is 237 g/mol. The zero-order valence-electron chi connectivity index (χ0n) is 7.95. The molecule has 0 aromatic heterocycles. The maximum absolute atomic E-state index is 11.9. The maximum Gasteiger partial charge on any atom is 0.573 e. The van der Waals surface area contributed by atoms with Gasteiger partial charge >= 0.3 is 12.0 Å². The van der Waals surface area contributed by atoms with Crippen LogP contribution in [0, 0.1) is 10.1 Å². The predicted octanol–water partition coefficient (Wildman–Crippen LogP) is 2.50. The van der Waals surface area contributed by atoms with Gasteiger partial charge in [0, 0.05) is 0 Å². The van der Waals surface area contributed by atoms with Crippen LogP contribution in [0.2, 0.25) is 0 Å². The topological polar surface area (TPSA) is 61.6 Å². The summed E-state index contributed by atoms with van der Waals surface area (Å²) in [6.07, 6.45) is -4.97. The molecule has 88 valence electrons. The second-order valence-corrected chi connectivity index (χ2v) is 2.64. The van der Waals surface area contributed by atoms with Crippen molar-refractivity contribution in [1.82, 2.24) is 0 Å². The number of hydrogen-bond acceptors (Lipinski definition) is 4. The Hall–Kier alpha value is -1.99.